The number of nitrogens with zero attached hydrogens (tertiary/aromatic N) is 1. The van der Waals surface area contributed by atoms with Crippen LogP contribution in [0.25, 0.3) is 0 Å². The second-order valence-electron chi connectivity index (χ2n) is 7.56. The van der Waals surface area contributed by atoms with Crippen LogP contribution in [0.3, 0.4) is 0 Å². The van der Waals surface area contributed by atoms with Crippen molar-refractivity contribution in [2.24, 2.45) is 17.8 Å². The predicted octanol–water partition coefficient (Wildman–Crippen LogP) is 3.31. The van der Waals surface area contributed by atoms with E-state index in [0.717, 1.165) is 19.3 Å². The number of nitro groups is 1. The maximum atomic E-state index is 12.6. The Morgan fingerprint density at radius 1 is 1.41 bits per heavy atom. The molecule has 0 aromatic heterocycles. The molecular weight excluding hydrogens is 370 g/mol. The van der Waals surface area contributed by atoms with Crippen molar-refractivity contribution in [1.29, 1.82) is 0 Å². The van der Waals surface area contributed by atoms with E-state index >= 15 is 0 Å². The molecule has 5 unspecified atom stereocenters. The molecule has 0 radical (unpaired) electrons. The van der Waals surface area contributed by atoms with E-state index in [0.29, 0.717) is 18.3 Å². The maximum Gasteiger partial charge on any atom is 0.270 e. The van der Waals surface area contributed by atoms with Crippen molar-refractivity contribution in [3.8, 4) is 0 Å². The van der Waals surface area contributed by atoms with Crippen molar-refractivity contribution < 1.29 is 14.5 Å². The summed E-state index contributed by atoms with van der Waals surface area (Å²) in [6.07, 6.45) is 3.24. The minimum absolute atomic E-state index is 0.0509. The lowest BCUT2D eigenvalue weighted by Crippen LogP contribution is -2.58. The molecule has 2 N–H and O–H groups in total. The Balaban J connectivity index is 1.68. The fourth-order valence-corrected chi connectivity index (χ4v) is 4.77. The molecule has 3 rings (SSSR count). The number of nitrogens with one attached hydrogen (secondary N) is 2. The van der Waals surface area contributed by atoms with Gasteiger partial charge >= 0.3 is 0 Å². The number of carbonyl (C=O) groups is 2. The Labute approximate surface area is 163 Å². The summed E-state index contributed by atoms with van der Waals surface area (Å²) in [6.45, 7) is 4.18. The highest BCUT2D eigenvalue weighted by Crippen LogP contribution is 2.39. The first-order valence-corrected chi connectivity index (χ1v) is 9.74. The van der Waals surface area contributed by atoms with Crippen molar-refractivity contribution >= 4 is 29.1 Å². The van der Waals surface area contributed by atoms with Gasteiger partial charge in [-0.25, -0.2) is 0 Å². The largest absolute Gasteiger partial charge is 0.353 e. The Morgan fingerprint density at radius 3 is 2.81 bits per heavy atom. The quantitative estimate of drug-likeness (QED) is 0.605. The molecule has 27 heavy (non-hydrogen) atoms. The summed E-state index contributed by atoms with van der Waals surface area (Å²) in [5.74, 6) is 0.480. The standard InChI is InChI=1S/C19H24ClN3O4/c1-3-13-10(2)14-6-4-11(8-17(14)22-18(13)24)21-19(25)15-9-12(23(26)27)5-7-16(15)20/h5,7,9-11,13-14,17H,3-4,6,8H2,1-2H3,(H,21,25)(H,22,24). The van der Waals surface area contributed by atoms with Gasteiger partial charge in [0.1, 0.15) is 0 Å². The molecule has 2 fully saturated rings. The van der Waals surface area contributed by atoms with Crippen LogP contribution in [0.15, 0.2) is 18.2 Å². The predicted molar refractivity (Wildman–Crippen MR) is 102 cm³/mol. The van der Waals surface area contributed by atoms with Crippen LogP contribution < -0.4 is 10.6 Å². The summed E-state index contributed by atoms with van der Waals surface area (Å²) in [7, 11) is 0. The maximum absolute atomic E-state index is 12.6. The summed E-state index contributed by atoms with van der Waals surface area (Å²) < 4.78 is 0. The van der Waals surface area contributed by atoms with E-state index in [1.165, 1.54) is 18.2 Å². The molecule has 2 amide bonds. The lowest BCUT2D eigenvalue weighted by atomic mass is 9.67. The minimum Gasteiger partial charge on any atom is -0.353 e. The van der Waals surface area contributed by atoms with E-state index in [4.69, 9.17) is 11.6 Å². The van der Waals surface area contributed by atoms with Gasteiger partial charge in [0.15, 0.2) is 0 Å². The molecule has 1 aromatic carbocycles. The lowest BCUT2D eigenvalue weighted by Gasteiger charge is -2.46. The summed E-state index contributed by atoms with van der Waals surface area (Å²) >= 11 is 6.05. The Kier molecular flexibility index (Phi) is 5.69. The molecule has 146 valence electrons. The van der Waals surface area contributed by atoms with E-state index in [1.54, 1.807) is 0 Å². The molecule has 8 heteroatoms. The average molecular weight is 394 g/mol. The summed E-state index contributed by atoms with van der Waals surface area (Å²) in [6, 6.07) is 3.78. The number of non-ortho nitro benzene ring substituents is 1. The van der Waals surface area contributed by atoms with E-state index in [-0.39, 0.29) is 40.2 Å². The zero-order valence-electron chi connectivity index (χ0n) is 15.4. The van der Waals surface area contributed by atoms with Gasteiger partial charge in [-0.1, -0.05) is 25.4 Å². The molecule has 0 spiro atoms. The second-order valence-corrected chi connectivity index (χ2v) is 7.96. The highest BCUT2D eigenvalue weighted by molar-refractivity contribution is 6.33. The van der Waals surface area contributed by atoms with E-state index in [2.05, 4.69) is 17.6 Å². The SMILES string of the molecule is CCC1C(=O)NC2CC(NC(=O)c3cc([N+](=O)[O-])ccc3Cl)CCC2C1C. The van der Waals surface area contributed by atoms with Gasteiger partial charge < -0.3 is 10.6 Å². The van der Waals surface area contributed by atoms with Crippen molar-refractivity contribution in [1.82, 2.24) is 10.6 Å². The Hall–Kier alpha value is -2.15. The Morgan fingerprint density at radius 2 is 2.15 bits per heavy atom. The molecule has 5 atom stereocenters. The van der Waals surface area contributed by atoms with Crippen LogP contribution in [-0.4, -0.2) is 28.8 Å². The van der Waals surface area contributed by atoms with Crippen molar-refractivity contribution in [2.45, 2.75) is 51.6 Å². The van der Waals surface area contributed by atoms with Crippen molar-refractivity contribution in [3.63, 3.8) is 0 Å². The molecule has 1 aliphatic heterocycles. The van der Waals surface area contributed by atoms with Gasteiger partial charge in [0.2, 0.25) is 5.91 Å². The Bertz CT molecular complexity index is 769. The third-order valence-corrected chi connectivity index (χ3v) is 6.39. The molecular formula is C19H24ClN3O4. The highest BCUT2D eigenvalue weighted by Gasteiger charge is 2.43. The number of halogens is 1. The number of carbonyl (C=O) groups excluding carboxylic acids is 2. The van der Waals surface area contributed by atoms with Crippen molar-refractivity contribution in [2.75, 3.05) is 0 Å². The normalized spacial score (nSPS) is 30.2. The number of hydrogen-bond acceptors (Lipinski definition) is 4. The topological polar surface area (TPSA) is 101 Å². The number of piperidine rings is 1. The number of fused-ring (bicyclic) bond motifs is 1. The minimum atomic E-state index is -0.554. The summed E-state index contributed by atoms with van der Waals surface area (Å²) in [5, 5.41) is 17.2. The molecule has 1 aromatic rings. The molecule has 1 heterocycles. The molecule has 7 nitrogen and oxygen atoms in total. The van der Waals surface area contributed by atoms with Gasteiger partial charge in [-0.05, 0) is 43.6 Å². The molecule has 0 bridgehead atoms. The van der Waals surface area contributed by atoms with Gasteiger partial charge in [0.05, 0.1) is 15.5 Å². The van der Waals surface area contributed by atoms with Gasteiger partial charge in [0.25, 0.3) is 11.6 Å². The molecule has 1 saturated heterocycles. The van der Waals surface area contributed by atoms with Crippen LogP contribution in [0.5, 0.6) is 0 Å². The summed E-state index contributed by atoms with van der Waals surface area (Å²) in [5.41, 5.74) is -0.0766. The first-order valence-electron chi connectivity index (χ1n) is 9.37. The first kappa shape index (κ1) is 19.6. The second kappa shape index (κ2) is 7.84. The monoisotopic (exact) mass is 393 g/mol. The number of amides is 2. The molecule has 1 saturated carbocycles. The van der Waals surface area contributed by atoms with Crippen LogP contribution in [0.2, 0.25) is 5.02 Å². The third-order valence-electron chi connectivity index (χ3n) is 6.06. The highest BCUT2D eigenvalue weighted by atomic mass is 35.5. The van der Waals surface area contributed by atoms with Crippen LogP contribution >= 0.6 is 11.6 Å². The van der Waals surface area contributed by atoms with Crippen LogP contribution in [-0.2, 0) is 4.79 Å². The van der Waals surface area contributed by atoms with E-state index < -0.39 is 10.8 Å². The summed E-state index contributed by atoms with van der Waals surface area (Å²) in [4.78, 5) is 35.3. The third kappa shape index (κ3) is 3.93. The lowest BCUT2D eigenvalue weighted by molar-refractivity contribution is -0.384. The zero-order valence-corrected chi connectivity index (χ0v) is 16.2. The zero-order chi connectivity index (χ0) is 19.7. The van der Waals surface area contributed by atoms with Gasteiger partial charge in [-0.15, -0.1) is 0 Å². The van der Waals surface area contributed by atoms with Crippen LogP contribution in [0.4, 0.5) is 5.69 Å². The first-order chi connectivity index (χ1) is 12.8. The average Bonchev–Trinajstić information content (AvgIpc) is 2.61. The van der Waals surface area contributed by atoms with Gasteiger partial charge in [0, 0.05) is 30.1 Å². The fourth-order valence-electron chi connectivity index (χ4n) is 4.57. The molecule has 2 aliphatic rings. The fraction of sp³-hybridized carbons (Fsp3) is 0.579. The van der Waals surface area contributed by atoms with E-state index in [9.17, 15) is 19.7 Å². The van der Waals surface area contributed by atoms with Gasteiger partial charge in [-0.2, -0.15) is 0 Å². The number of hydrogen-bond donors (Lipinski definition) is 2. The van der Waals surface area contributed by atoms with Gasteiger partial charge in [-0.3, -0.25) is 19.7 Å². The van der Waals surface area contributed by atoms with Crippen molar-refractivity contribution in [3.05, 3.63) is 38.9 Å². The van der Waals surface area contributed by atoms with Crippen LogP contribution in [0, 0.1) is 27.9 Å². The molecule has 1 aliphatic carbocycles. The number of benzene rings is 1. The van der Waals surface area contributed by atoms with Crippen LogP contribution in [0.1, 0.15) is 49.9 Å². The smallest absolute Gasteiger partial charge is 0.270 e. The number of rotatable bonds is 4. The number of nitro benzene ring substituents is 1. The van der Waals surface area contributed by atoms with E-state index in [1.807, 2.05) is 6.92 Å².